The zero-order valence-electron chi connectivity index (χ0n) is 15.6. The summed E-state index contributed by atoms with van der Waals surface area (Å²) in [6.07, 6.45) is 1.70. The van der Waals surface area contributed by atoms with Gasteiger partial charge in [-0.1, -0.05) is 29.8 Å². The van der Waals surface area contributed by atoms with Gasteiger partial charge in [-0.2, -0.15) is 0 Å². The summed E-state index contributed by atoms with van der Waals surface area (Å²) in [5.74, 6) is -0.468. The van der Waals surface area contributed by atoms with E-state index in [9.17, 15) is 14.0 Å². The first-order valence-corrected chi connectivity index (χ1v) is 9.38. The number of nitrogens with one attached hydrogen (secondary N) is 1. The van der Waals surface area contributed by atoms with Gasteiger partial charge in [-0.15, -0.1) is 0 Å². The van der Waals surface area contributed by atoms with Crippen LogP contribution in [0, 0.1) is 5.82 Å². The molecule has 0 saturated heterocycles. The lowest BCUT2D eigenvalue weighted by atomic mass is 9.99. The lowest BCUT2D eigenvalue weighted by Gasteiger charge is -2.30. The van der Waals surface area contributed by atoms with Gasteiger partial charge in [0.1, 0.15) is 5.82 Å². The third-order valence-electron chi connectivity index (χ3n) is 5.49. The molecule has 2 aromatic heterocycles. The summed E-state index contributed by atoms with van der Waals surface area (Å²) < 4.78 is 19.2. The molecule has 6 nitrogen and oxygen atoms in total. The Kier molecular flexibility index (Phi) is 3.73. The van der Waals surface area contributed by atoms with E-state index in [0.717, 1.165) is 15.9 Å². The Labute approximate surface area is 169 Å². The van der Waals surface area contributed by atoms with Gasteiger partial charge in [-0.05, 0) is 24.3 Å². The van der Waals surface area contributed by atoms with Crippen LogP contribution in [0.2, 0.25) is 5.02 Å². The van der Waals surface area contributed by atoms with Crippen molar-refractivity contribution in [1.29, 1.82) is 0 Å². The Balaban J connectivity index is 1.98. The molecule has 1 atom stereocenters. The van der Waals surface area contributed by atoms with E-state index < -0.39 is 23.1 Å². The monoisotopic (exact) mass is 410 g/mol. The smallest absolute Gasteiger partial charge is 0.331 e. The number of para-hydroxylation sites is 2. The first-order chi connectivity index (χ1) is 13.9. The quantitative estimate of drug-likeness (QED) is 0.523. The number of halogens is 2. The van der Waals surface area contributed by atoms with Gasteiger partial charge in [0.2, 0.25) is 0 Å². The average Bonchev–Trinajstić information content (AvgIpc) is 3.12. The number of hydrogen-bond acceptors (Lipinski definition) is 3. The van der Waals surface area contributed by atoms with Gasteiger partial charge >= 0.3 is 5.69 Å². The second-order valence-electron chi connectivity index (χ2n) is 7.08. The lowest BCUT2D eigenvalue weighted by molar-refractivity contribution is 0.599. The van der Waals surface area contributed by atoms with Crippen LogP contribution in [-0.4, -0.2) is 13.7 Å². The number of benzene rings is 2. The van der Waals surface area contributed by atoms with E-state index in [2.05, 4.69) is 5.32 Å². The molecule has 1 N–H and O–H groups in total. The minimum atomic E-state index is -0.686. The highest BCUT2D eigenvalue weighted by atomic mass is 35.5. The molecule has 3 heterocycles. The maximum absolute atomic E-state index is 14.9. The first-order valence-electron chi connectivity index (χ1n) is 9.01. The zero-order valence-corrected chi connectivity index (χ0v) is 16.4. The molecule has 0 amide bonds. The molecule has 8 heteroatoms. The molecular weight excluding hydrogens is 395 g/mol. The van der Waals surface area contributed by atoms with Crippen molar-refractivity contribution < 1.29 is 4.39 Å². The van der Waals surface area contributed by atoms with Gasteiger partial charge < -0.3 is 9.88 Å². The van der Waals surface area contributed by atoms with Crippen molar-refractivity contribution in [2.75, 3.05) is 5.32 Å². The first kappa shape index (κ1) is 17.8. The van der Waals surface area contributed by atoms with Crippen LogP contribution in [0.25, 0.3) is 16.6 Å². The van der Waals surface area contributed by atoms with E-state index in [-0.39, 0.29) is 10.6 Å². The topological polar surface area (TPSA) is 61.0 Å². The molecule has 0 unspecified atom stereocenters. The Bertz CT molecular complexity index is 1410. The third kappa shape index (κ3) is 2.34. The van der Waals surface area contributed by atoms with Crippen LogP contribution in [-0.2, 0) is 14.1 Å². The zero-order chi connectivity index (χ0) is 20.4. The summed E-state index contributed by atoms with van der Waals surface area (Å²) >= 11 is 6.38. The second-order valence-corrected chi connectivity index (χ2v) is 7.49. The number of rotatable bonds is 1. The number of aryl methyl sites for hydroxylation is 1. The van der Waals surface area contributed by atoms with Gasteiger partial charge in [-0.25, -0.2) is 9.18 Å². The highest BCUT2D eigenvalue weighted by Gasteiger charge is 2.33. The molecule has 0 bridgehead atoms. The molecule has 0 fully saturated rings. The van der Waals surface area contributed by atoms with Crippen molar-refractivity contribution in [3.63, 3.8) is 0 Å². The van der Waals surface area contributed by atoms with Crippen LogP contribution in [0.1, 0.15) is 17.3 Å². The maximum atomic E-state index is 14.9. The number of nitrogens with zero attached hydrogens (tertiary/aromatic N) is 3. The Morgan fingerprint density at radius 1 is 1.03 bits per heavy atom. The summed E-state index contributed by atoms with van der Waals surface area (Å²) in [6, 6.07) is 11.3. The normalized spacial score (nSPS) is 15.1. The lowest BCUT2D eigenvalue weighted by Crippen LogP contribution is -2.37. The summed E-state index contributed by atoms with van der Waals surface area (Å²) in [5, 5.41) is 3.98. The van der Waals surface area contributed by atoms with Gasteiger partial charge in [0.25, 0.3) is 5.56 Å². The van der Waals surface area contributed by atoms with Gasteiger partial charge in [-0.3, -0.25) is 13.9 Å². The predicted molar refractivity (Wildman–Crippen MR) is 111 cm³/mol. The molecule has 146 valence electrons. The molecule has 29 heavy (non-hydrogen) atoms. The van der Waals surface area contributed by atoms with E-state index in [1.54, 1.807) is 25.4 Å². The van der Waals surface area contributed by atoms with Crippen LogP contribution in [0.4, 0.5) is 10.1 Å². The minimum absolute atomic E-state index is 0.261. The summed E-state index contributed by atoms with van der Waals surface area (Å²) in [4.78, 5) is 25.4. The standard InChI is InChI=1S/C21H16ClFN4O2/c1-25-18-11(20(28)26(2)21(25)29)10-27-15-9-4-3-8-14(15)24-17(19(18)27)16-12(22)6-5-7-13(16)23/h3-10,17,24H,1-2H3/t17-/m1/s1. The maximum Gasteiger partial charge on any atom is 0.331 e. The van der Waals surface area contributed by atoms with E-state index in [4.69, 9.17) is 11.6 Å². The Hall–Kier alpha value is -3.32. The molecule has 0 aliphatic carbocycles. The van der Waals surface area contributed by atoms with Crippen molar-refractivity contribution in [3.05, 3.63) is 91.6 Å². The molecule has 0 saturated carbocycles. The van der Waals surface area contributed by atoms with Crippen LogP contribution in [0.5, 0.6) is 0 Å². The fourth-order valence-electron chi connectivity index (χ4n) is 4.11. The molecule has 4 aromatic rings. The minimum Gasteiger partial charge on any atom is -0.371 e. The highest BCUT2D eigenvalue weighted by Crippen LogP contribution is 2.42. The summed E-state index contributed by atoms with van der Waals surface area (Å²) in [5.41, 5.74) is 2.02. The molecule has 5 rings (SSSR count). The van der Waals surface area contributed by atoms with Crippen molar-refractivity contribution in [1.82, 2.24) is 13.7 Å². The van der Waals surface area contributed by atoms with E-state index in [1.165, 1.54) is 17.7 Å². The highest BCUT2D eigenvalue weighted by molar-refractivity contribution is 6.31. The van der Waals surface area contributed by atoms with Gasteiger partial charge in [0, 0.05) is 30.9 Å². The largest absolute Gasteiger partial charge is 0.371 e. The van der Waals surface area contributed by atoms with Crippen molar-refractivity contribution in [2.45, 2.75) is 6.04 Å². The summed E-state index contributed by atoms with van der Waals surface area (Å²) in [7, 11) is 3.05. The van der Waals surface area contributed by atoms with Crippen LogP contribution in [0.15, 0.2) is 58.3 Å². The molecule has 2 aromatic carbocycles. The number of fused-ring (bicyclic) bond motifs is 5. The van der Waals surface area contributed by atoms with Gasteiger partial charge in [0.05, 0.1) is 34.0 Å². The van der Waals surface area contributed by atoms with Crippen molar-refractivity contribution in [2.24, 2.45) is 14.1 Å². The Morgan fingerprint density at radius 2 is 1.79 bits per heavy atom. The van der Waals surface area contributed by atoms with E-state index >= 15 is 0 Å². The third-order valence-corrected chi connectivity index (χ3v) is 5.81. The summed E-state index contributed by atoms with van der Waals surface area (Å²) in [6.45, 7) is 0. The van der Waals surface area contributed by atoms with Crippen LogP contribution in [0.3, 0.4) is 0 Å². The predicted octanol–water partition coefficient (Wildman–Crippen LogP) is 3.34. The molecular formula is C21H16ClFN4O2. The van der Waals surface area contributed by atoms with Crippen LogP contribution < -0.4 is 16.6 Å². The number of aromatic nitrogens is 3. The van der Waals surface area contributed by atoms with Gasteiger partial charge in [0.15, 0.2) is 0 Å². The van der Waals surface area contributed by atoms with E-state index in [0.29, 0.717) is 16.6 Å². The Morgan fingerprint density at radius 3 is 2.55 bits per heavy atom. The second kappa shape index (κ2) is 6.09. The SMILES string of the molecule is Cn1c(=O)c2cn3c(c2n(C)c1=O)[C@@H](c1c(F)cccc1Cl)Nc1ccccc1-3. The molecule has 0 spiro atoms. The van der Waals surface area contributed by atoms with Crippen LogP contribution >= 0.6 is 11.6 Å². The molecule has 1 aliphatic rings. The fourth-order valence-corrected chi connectivity index (χ4v) is 4.38. The van der Waals surface area contributed by atoms with Crippen molar-refractivity contribution in [3.8, 4) is 5.69 Å². The average molecular weight is 411 g/mol. The number of anilines is 1. The van der Waals surface area contributed by atoms with Crippen molar-refractivity contribution >= 4 is 28.2 Å². The molecule has 0 radical (unpaired) electrons. The molecule has 1 aliphatic heterocycles. The number of hydrogen-bond donors (Lipinski definition) is 1. The fraction of sp³-hybridized carbons (Fsp3) is 0.143. The van der Waals surface area contributed by atoms with E-state index in [1.807, 2.05) is 28.8 Å².